The van der Waals surface area contributed by atoms with Crippen molar-refractivity contribution in [2.45, 2.75) is 58.5 Å². The fourth-order valence-corrected chi connectivity index (χ4v) is 1.40. The van der Waals surface area contributed by atoms with Crippen LogP contribution in [0.15, 0.2) is 0 Å². The van der Waals surface area contributed by atoms with Crippen molar-refractivity contribution in [3.63, 3.8) is 0 Å². The highest BCUT2D eigenvalue weighted by molar-refractivity contribution is 4.57. The minimum absolute atomic E-state index is 0.108. The van der Waals surface area contributed by atoms with Crippen molar-refractivity contribution in [1.82, 2.24) is 0 Å². The summed E-state index contributed by atoms with van der Waals surface area (Å²) in [5, 5.41) is 0. The number of unbranched alkanes of at least 4 members (excludes halogenated alkanes) is 1. The van der Waals surface area contributed by atoms with Gasteiger partial charge in [-0.25, -0.2) is 0 Å². The van der Waals surface area contributed by atoms with Crippen LogP contribution in [0.4, 0.5) is 0 Å². The summed E-state index contributed by atoms with van der Waals surface area (Å²) in [7, 11) is 0. The lowest BCUT2D eigenvalue weighted by Gasteiger charge is -2.11. The van der Waals surface area contributed by atoms with Gasteiger partial charge in [0.15, 0.2) is 0 Å². The average Bonchev–Trinajstić information content (AvgIpc) is 2.00. The van der Waals surface area contributed by atoms with Crippen LogP contribution in [-0.2, 0) is 0 Å². The molecule has 0 aromatic carbocycles. The molecule has 4 N–H and O–H groups in total. The first kappa shape index (κ1) is 11.9. The predicted octanol–water partition coefficient (Wildman–Crippen LogP) is 2.23. The van der Waals surface area contributed by atoms with E-state index in [9.17, 15) is 0 Å². The lowest BCUT2D eigenvalue weighted by Crippen LogP contribution is -2.30. The molecule has 0 aliphatic carbocycles. The summed E-state index contributed by atoms with van der Waals surface area (Å²) in [6, 6.07) is 0. The van der Waals surface area contributed by atoms with E-state index in [0.29, 0.717) is 0 Å². The molecule has 12 heavy (non-hydrogen) atoms. The number of rotatable bonds is 7. The quantitative estimate of drug-likeness (QED) is 0.579. The Bertz CT molecular complexity index is 91.8. The van der Waals surface area contributed by atoms with Gasteiger partial charge in [0.1, 0.15) is 0 Å². The Morgan fingerprint density at radius 1 is 1.00 bits per heavy atom. The standard InChI is InChI=1S/C10H24N2/c1-3-4-6-9(2)7-5-8-10(11)12/h9-10H,3-8,11-12H2,1-2H3. The van der Waals surface area contributed by atoms with E-state index in [1.807, 2.05) is 0 Å². The zero-order chi connectivity index (χ0) is 9.40. The van der Waals surface area contributed by atoms with E-state index >= 15 is 0 Å². The largest absolute Gasteiger partial charge is 0.316 e. The summed E-state index contributed by atoms with van der Waals surface area (Å²) in [5.41, 5.74) is 10.9. The van der Waals surface area contributed by atoms with E-state index in [0.717, 1.165) is 12.3 Å². The number of nitrogens with two attached hydrogens (primary N) is 2. The molecule has 0 bridgehead atoms. The molecule has 0 radical (unpaired) electrons. The highest BCUT2D eigenvalue weighted by Crippen LogP contribution is 2.14. The van der Waals surface area contributed by atoms with Crippen LogP contribution in [0, 0.1) is 5.92 Å². The van der Waals surface area contributed by atoms with Crippen LogP contribution in [-0.4, -0.2) is 6.17 Å². The van der Waals surface area contributed by atoms with E-state index in [4.69, 9.17) is 11.5 Å². The van der Waals surface area contributed by atoms with Gasteiger partial charge in [-0.2, -0.15) is 0 Å². The van der Waals surface area contributed by atoms with Crippen molar-refractivity contribution in [2.75, 3.05) is 0 Å². The highest BCUT2D eigenvalue weighted by atomic mass is 14.8. The van der Waals surface area contributed by atoms with Gasteiger partial charge >= 0.3 is 0 Å². The molecule has 74 valence electrons. The Labute approximate surface area is 76.7 Å². The first-order valence-electron chi connectivity index (χ1n) is 5.18. The molecule has 1 unspecified atom stereocenters. The summed E-state index contributed by atoms with van der Waals surface area (Å²) < 4.78 is 0. The molecule has 0 aliphatic rings. The molecule has 0 rings (SSSR count). The fourth-order valence-electron chi connectivity index (χ4n) is 1.40. The molecule has 0 heterocycles. The molecule has 0 aliphatic heterocycles. The molecule has 1 atom stereocenters. The third-order valence-electron chi connectivity index (χ3n) is 2.28. The summed E-state index contributed by atoms with van der Waals surface area (Å²) in [6.07, 6.45) is 7.35. The fraction of sp³-hybridized carbons (Fsp3) is 1.00. The molecule has 0 saturated carbocycles. The lowest BCUT2D eigenvalue weighted by molar-refractivity contribution is 0.436. The molecular formula is C10H24N2. The van der Waals surface area contributed by atoms with Crippen molar-refractivity contribution >= 4 is 0 Å². The summed E-state index contributed by atoms with van der Waals surface area (Å²) in [5.74, 6) is 0.851. The third kappa shape index (κ3) is 8.02. The summed E-state index contributed by atoms with van der Waals surface area (Å²) in [6.45, 7) is 4.56. The second-order valence-corrected chi connectivity index (χ2v) is 3.84. The van der Waals surface area contributed by atoms with Gasteiger partial charge in [0.05, 0.1) is 6.17 Å². The van der Waals surface area contributed by atoms with E-state index < -0.39 is 0 Å². The smallest absolute Gasteiger partial charge is 0.0520 e. The minimum atomic E-state index is -0.108. The zero-order valence-corrected chi connectivity index (χ0v) is 8.55. The lowest BCUT2D eigenvalue weighted by atomic mass is 9.98. The van der Waals surface area contributed by atoms with Crippen molar-refractivity contribution in [3.8, 4) is 0 Å². The maximum absolute atomic E-state index is 5.46. The Morgan fingerprint density at radius 2 is 1.58 bits per heavy atom. The van der Waals surface area contributed by atoms with E-state index in [2.05, 4.69) is 13.8 Å². The van der Waals surface area contributed by atoms with Crippen molar-refractivity contribution < 1.29 is 0 Å². The summed E-state index contributed by atoms with van der Waals surface area (Å²) >= 11 is 0. The van der Waals surface area contributed by atoms with Crippen LogP contribution in [0.5, 0.6) is 0 Å². The van der Waals surface area contributed by atoms with Crippen LogP contribution in [0.2, 0.25) is 0 Å². The Kier molecular flexibility index (Phi) is 7.51. The van der Waals surface area contributed by atoms with Gasteiger partial charge in [0.2, 0.25) is 0 Å². The second kappa shape index (κ2) is 7.56. The van der Waals surface area contributed by atoms with Crippen molar-refractivity contribution in [1.29, 1.82) is 0 Å². The first-order chi connectivity index (χ1) is 5.66. The van der Waals surface area contributed by atoms with Crippen LogP contribution >= 0.6 is 0 Å². The van der Waals surface area contributed by atoms with Gasteiger partial charge in [-0.3, -0.25) is 0 Å². The molecule has 0 fully saturated rings. The number of hydrogen-bond acceptors (Lipinski definition) is 2. The molecule has 0 spiro atoms. The van der Waals surface area contributed by atoms with Crippen LogP contribution in [0.25, 0.3) is 0 Å². The summed E-state index contributed by atoms with van der Waals surface area (Å²) in [4.78, 5) is 0. The second-order valence-electron chi connectivity index (χ2n) is 3.84. The van der Waals surface area contributed by atoms with Crippen molar-refractivity contribution in [3.05, 3.63) is 0 Å². The Balaban J connectivity index is 3.13. The van der Waals surface area contributed by atoms with Gasteiger partial charge in [-0.15, -0.1) is 0 Å². The van der Waals surface area contributed by atoms with Gasteiger partial charge in [-0.1, -0.05) is 46.0 Å². The van der Waals surface area contributed by atoms with E-state index in [-0.39, 0.29) is 6.17 Å². The monoisotopic (exact) mass is 172 g/mol. The average molecular weight is 172 g/mol. The van der Waals surface area contributed by atoms with Crippen LogP contribution in [0.3, 0.4) is 0 Å². The minimum Gasteiger partial charge on any atom is -0.316 e. The SMILES string of the molecule is CCCCC(C)CCCC(N)N. The zero-order valence-electron chi connectivity index (χ0n) is 8.55. The molecule has 0 aromatic heterocycles. The van der Waals surface area contributed by atoms with E-state index in [1.165, 1.54) is 32.1 Å². The molecule has 0 aromatic rings. The van der Waals surface area contributed by atoms with Gasteiger partial charge in [0, 0.05) is 0 Å². The topological polar surface area (TPSA) is 52.0 Å². The Hall–Kier alpha value is -0.0800. The number of hydrogen-bond donors (Lipinski definition) is 2. The van der Waals surface area contributed by atoms with Gasteiger partial charge < -0.3 is 11.5 Å². The molecule has 0 amide bonds. The molecule has 0 saturated heterocycles. The highest BCUT2D eigenvalue weighted by Gasteiger charge is 2.01. The normalized spacial score (nSPS) is 13.8. The van der Waals surface area contributed by atoms with Gasteiger partial charge in [-0.05, 0) is 12.3 Å². The Morgan fingerprint density at radius 3 is 2.08 bits per heavy atom. The maximum Gasteiger partial charge on any atom is 0.0520 e. The molecular weight excluding hydrogens is 148 g/mol. The molecule has 2 heteroatoms. The predicted molar refractivity (Wildman–Crippen MR) is 54.7 cm³/mol. The van der Waals surface area contributed by atoms with Crippen LogP contribution < -0.4 is 11.5 Å². The van der Waals surface area contributed by atoms with Crippen molar-refractivity contribution in [2.24, 2.45) is 17.4 Å². The van der Waals surface area contributed by atoms with Gasteiger partial charge in [0.25, 0.3) is 0 Å². The first-order valence-corrected chi connectivity index (χ1v) is 5.18. The maximum atomic E-state index is 5.46. The third-order valence-corrected chi connectivity index (χ3v) is 2.28. The molecule has 2 nitrogen and oxygen atoms in total. The van der Waals surface area contributed by atoms with Crippen LogP contribution in [0.1, 0.15) is 52.4 Å². The van der Waals surface area contributed by atoms with E-state index in [1.54, 1.807) is 0 Å².